The van der Waals surface area contributed by atoms with Gasteiger partial charge in [0, 0.05) is 9.77 Å². The molecule has 12 heteroatoms. The van der Waals surface area contributed by atoms with Crippen LogP contribution in [0.4, 0.5) is 5.69 Å². The highest BCUT2D eigenvalue weighted by Crippen LogP contribution is 2.36. The smallest absolute Gasteiger partial charge is 0.197 e. The Hall–Kier alpha value is -2.35. The van der Waals surface area contributed by atoms with E-state index in [1.165, 1.54) is 0 Å². The zero-order chi connectivity index (χ0) is 18.4. The van der Waals surface area contributed by atoms with Gasteiger partial charge in [0.25, 0.3) is 0 Å². The summed E-state index contributed by atoms with van der Waals surface area (Å²) in [5.41, 5.74) is 1.20. The highest BCUT2D eigenvalue weighted by atomic mass is 127. The van der Waals surface area contributed by atoms with Gasteiger partial charge < -0.3 is 21.7 Å². The fourth-order valence-electron chi connectivity index (χ4n) is 2.19. The van der Waals surface area contributed by atoms with Gasteiger partial charge in [-0.15, -0.1) is 15.1 Å². The number of rotatable bonds is 6. The van der Waals surface area contributed by atoms with Gasteiger partial charge in [-0.2, -0.15) is 0 Å². The Morgan fingerprint density at radius 3 is 2.56 bits per heavy atom. The predicted octanol–water partition coefficient (Wildman–Crippen LogP) is 2.49. The van der Waals surface area contributed by atoms with E-state index in [4.69, 9.17) is 16.4 Å². The van der Waals surface area contributed by atoms with E-state index in [-0.39, 0.29) is 5.92 Å². The number of halogens is 1. The summed E-state index contributed by atoms with van der Waals surface area (Å²) in [5, 5.41) is 23.0. The summed E-state index contributed by atoms with van der Waals surface area (Å²) < 4.78 is 6.67. The van der Waals surface area contributed by atoms with Gasteiger partial charge in [0.15, 0.2) is 18.2 Å². The summed E-state index contributed by atoms with van der Waals surface area (Å²) in [4.78, 5) is 10.9. The number of benzene rings is 1. The molecule has 2 atom stereocenters. The molecule has 2 unspecified atom stereocenters. The number of nitroso groups, excluding NO2 is 1. The predicted molar refractivity (Wildman–Crippen MR) is 99.3 cm³/mol. The number of hydrogen-bond donors (Lipinski definition) is 4. The van der Waals surface area contributed by atoms with Crippen LogP contribution in [0.25, 0.3) is 0 Å². The lowest BCUT2D eigenvalue weighted by molar-refractivity contribution is 0.290. The van der Waals surface area contributed by atoms with Crippen LogP contribution in [0.2, 0.25) is 0 Å². The second-order valence-electron chi connectivity index (χ2n) is 5.34. The van der Waals surface area contributed by atoms with Gasteiger partial charge in [0.1, 0.15) is 11.4 Å². The van der Waals surface area contributed by atoms with Crippen LogP contribution in [-0.2, 0) is 0 Å². The van der Waals surface area contributed by atoms with Crippen LogP contribution in [0.3, 0.4) is 0 Å². The minimum absolute atomic E-state index is 0.117. The molecule has 1 aromatic rings. The molecule has 0 bridgehead atoms. The number of hydrogen-bond acceptors (Lipinski definition) is 9. The molecule has 1 heterocycles. The summed E-state index contributed by atoms with van der Waals surface area (Å²) >= 11 is 2.03. The van der Waals surface area contributed by atoms with Gasteiger partial charge in [0.2, 0.25) is 0 Å². The van der Waals surface area contributed by atoms with Crippen LogP contribution in [0, 0.1) is 8.48 Å². The van der Waals surface area contributed by atoms with Crippen LogP contribution in [0.1, 0.15) is 25.3 Å². The maximum atomic E-state index is 10.9. The van der Waals surface area contributed by atoms with Crippen LogP contribution in [-0.4, -0.2) is 12.5 Å². The lowest BCUT2D eigenvalue weighted by atomic mass is 10.0. The van der Waals surface area contributed by atoms with Crippen molar-refractivity contribution in [2.24, 2.45) is 37.5 Å². The minimum atomic E-state index is -0.678. The van der Waals surface area contributed by atoms with Crippen molar-refractivity contribution in [3.8, 4) is 5.75 Å². The first-order valence-electron chi connectivity index (χ1n) is 7.27. The fourth-order valence-corrected chi connectivity index (χ4v) is 2.73. The Bertz CT molecular complexity index is 720. The molecule has 0 aromatic heterocycles. The van der Waals surface area contributed by atoms with Crippen molar-refractivity contribution in [2.45, 2.75) is 32.2 Å². The monoisotopic (exact) mass is 459 g/mol. The minimum Gasteiger partial charge on any atom is -0.456 e. The third-order valence-electron chi connectivity index (χ3n) is 3.36. The maximum Gasteiger partial charge on any atom is 0.197 e. The zero-order valence-electron chi connectivity index (χ0n) is 13.5. The van der Waals surface area contributed by atoms with E-state index in [2.05, 4.69) is 36.5 Å². The van der Waals surface area contributed by atoms with Gasteiger partial charge >= 0.3 is 0 Å². The van der Waals surface area contributed by atoms with Crippen molar-refractivity contribution in [1.29, 1.82) is 0 Å². The standard InChI is InChI=1S/C13H18IN9O2/c1-6(2)7-3-9(21-24)8(14)4-10(7)25-11-5-17-13(20-23-16)18-12(11)19-22-15/h3-6,12-13,17-18H,1-2H3,(H2,15,19)(H2,16,20). The normalized spacial score (nSPS) is 20.7. The van der Waals surface area contributed by atoms with Crippen LogP contribution < -0.4 is 27.1 Å². The van der Waals surface area contributed by atoms with Gasteiger partial charge in [-0.1, -0.05) is 24.3 Å². The zero-order valence-corrected chi connectivity index (χ0v) is 15.7. The Balaban J connectivity index is 2.36. The Kier molecular flexibility index (Phi) is 6.58. The highest BCUT2D eigenvalue weighted by Gasteiger charge is 2.26. The Labute approximate surface area is 157 Å². The number of nitrogens with zero attached hydrogens (tertiary/aromatic N) is 5. The SMILES string of the molecule is CC(C)c1cc(N=O)c(I)cc1OC1=CNC(N=NN)NC1N=NN. The van der Waals surface area contributed by atoms with Gasteiger partial charge in [-0.05, 0) is 51.4 Å². The first-order chi connectivity index (χ1) is 12.0. The summed E-state index contributed by atoms with van der Waals surface area (Å²) in [5.74, 6) is 11.3. The van der Waals surface area contributed by atoms with Crippen molar-refractivity contribution in [3.05, 3.63) is 38.1 Å². The molecule has 134 valence electrons. The third-order valence-corrected chi connectivity index (χ3v) is 4.22. The van der Waals surface area contributed by atoms with Crippen LogP contribution in [0.5, 0.6) is 5.75 Å². The molecule has 0 radical (unpaired) electrons. The Morgan fingerprint density at radius 2 is 1.96 bits per heavy atom. The average molecular weight is 459 g/mol. The van der Waals surface area contributed by atoms with E-state index >= 15 is 0 Å². The van der Waals surface area contributed by atoms with Gasteiger partial charge in [-0.3, -0.25) is 0 Å². The van der Waals surface area contributed by atoms with E-state index in [1.54, 1.807) is 18.3 Å². The van der Waals surface area contributed by atoms with Crippen molar-refractivity contribution in [3.63, 3.8) is 0 Å². The molecule has 0 aliphatic carbocycles. The first-order valence-corrected chi connectivity index (χ1v) is 8.35. The maximum absolute atomic E-state index is 10.9. The largest absolute Gasteiger partial charge is 0.456 e. The van der Waals surface area contributed by atoms with Crippen molar-refractivity contribution in [1.82, 2.24) is 10.6 Å². The molecule has 6 N–H and O–H groups in total. The topological polar surface area (TPSA) is 164 Å². The summed E-state index contributed by atoms with van der Waals surface area (Å²) in [6.07, 6.45) is 0.320. The summed E-state index contributed by atoms with van der Waals surface area (Å²) in [6.45, 7) is 3.98. The van der Waals surface area contributed by atoms with E-state index in [1.807, 2.05) is 36.4 Å². The summed E-state index contributed by atoms with van der Waals surface area (Å²) in [6, 6.07) is 3.46. The lowest BCUT2D eigenvalue weighted by Crippen LogP contribution is -2.49. The lowest BCUT2D eigenvalue weighted by Gasteiger charge is -2.27. The van der Waals surface area contributed by atoms with Crippen LogP contribution >= 0.6 is 22.6 Å². The summed E-state index contributed by atoms with van der Waals surface area (Å²) in [7, 11) is 0. The molecule has 25 heavy (non-hydrogen) atoms. The number of nitrogens with two attached hydrogens (primary N) is 2. The molecule has 0 spiro atoms. The van der Waals surface area contributed by atoms with E-state index in [0.29, 0.717) is 20.8 Å². The highest BCUT2D eigenvalue weighted by molar-refractivity contribution is 14.1. The molecular formula is C13H18IN9O2. The molecule has 1 aromatic carbocycles. The van der Waals surface area contributed by atoms with Crippen molar-refractivity contribution in [2.75, 3.05) is 0 Å². The average Bonchev–Trinajstić information content (AvgIpc) is 2.57. The first kappa shape index (κ1) is 19.0. The van der Waals surface area contributed by atoms with Crippen LogP contribution in [0.15, 0.2) is 49.9 Å². The molecule has 0 amide bonds. The molecular weight excluding hydrogens is 441 g/mol. The Morgan fingerprint density at radius 1 is 1.24 bits per heavy atom. The van der Waals surface area contributed by atoms with Gasteiger partial charge in [0.05, 0.1) is 0 Å². The number of nitrogens with one attached hydrogen (secondary N) is 2. The molecule has 0 saturated heterocycles. The fraction of sp³-hybridized carbons (Fsp3) is 0.385. The molecule has 0 fully saturated rings. The van der Waals surface area contributed by atoms with Crippen molar-refractivity contribution < 1.29 is 4.74 Å². The quantitative estimate of drug-likeness (QED) is 0.168. The second kappa shape index (κ2) is 8.66. The molecule has 2 rings (SSSR count). The number of ether oxygens (including phenoxy) is 1. The second-order valence-corrected chi connectivity index (χ2v) is 6.50. The molecule has 0 saturated carbocycles. The molecule has 1 aliphatic rings. The van der Waals surface area contributed by atoms with E-state index < -0.39 is 12.5 Å². The molecule has 1 aliphatic heterocycles. The van der Waals surface area contributed by atoms with E-state index in [0.717, 1.165) is 5.56 Å². The van der Waals surface area contributed by atoms with Crippen molar-refractivity contribution >= 4 is 28.3 Å². The molecule has 11 nitrogen and oxygen atoms in total. The third kappa shape index (κ3) is 4.60. The van der Waals surface area contributed by atoms with E-state index in [9.17, 15) is 4.91 Å². The van der Waals surface area contributed by atoms with Gasteiger partial charge in [-0.25, -0.2) is 5.32 Å².